The van der Waals surface area contributed by atoms with Gasteiger partial charge in [-0.05, 0) is 42.7 Å². The topological polar surface area (TPSA) is 15.8 Å². The first-order chi connectivity index (χ1) is 5.58. The van der Waals surface area contributed by atoms with Gasteiger partial charge in [0.1, 0.15) is 0 Å². The number of hydrogen-bond donors (Lipinski definition) is 1. The van der Waals surface area contributed by atoms with Crippen molar-refractivity contribution in [3.8, 4) is 0 Å². The van der Waals surface area contributed by atoms with Crippen molar-refractivity contribution in [3.05, 3.63) is 23.0 Å². The van der Waals surface area contributed by atoms with Crippen molar-refractivity contribution in [2.45, 2.75) is 40.0 Å². The van der Waals surface area contributed by atoms with Crippen LogP contribution in [-0.4, -0.2) is 4.98 Å². The van der Waals surface area contributed by atoms with Crippen molar-refractivity contribution in [2.75, 3.05) is 0 Å². The smallest absolute Gasteiger partial charge is 0.0187 e. The SMILES string of the molecule is Cc1c[nH]c2c1CCC(C)(C)C2. The third kappa shape index (κ3) is 1.17. The Kier molecular flexibility index (Phi) is 1.57. The van der Waals surface area contributed by atoms with Crippen molar-refractivity contribution >= 4 is 0 Å². The van der Waals surface area contributed by atoms with Crippen molar-refractivity contribution < 1.29 is 0 Å². The minimum atomic E-state index is 0.504. The fourth-order valence-corrected chi connectivity index (χ4v) is 2.14. The van der Waals surface area contributed by atoms with Gasteiger partial charge in [-0.1, -0.05) is 13.8 Å². The summed E-state index contributed by atoms with van der Waals surface area (Å²) < 4.78 is 0. The minimum absolute atomic E-state index is 0.504. The lowest BCUT2D eigenvalue weighted by atomic mass is 9.76. The van der Waals surface area contributed by atoms with Gasteiger partial charge in [0.25, 0.3) is 0 Å². The van der Waals surface area contributed by atoms with Gasteiger partial charge in [0.2, 0.25) is 0 Å². The highest BCUT2D eigenvalue weighted by Crippen LogP contribution is 2.35. The van der Waals surface area contributed by atoms with E-state index < -0.39 is 0 Å². The van der Waals surface area contributed by atoms with Crippen molar-refractivity contribution in [1.29, 1.82) is 0 Å². The Labute approximate surface area is 74.2 Å². The lowest BCUT2D eigenvalue weighted by Crippen LogP contribution is -2.21. The average Bonchev–Trinajstić information content (AvgIpc) is 2.30. The highest BCUT2D eigenvalue weighted by Gasteiger charge is 2.26. The second-order valence-corrected chi connectivity index (χ2v) is 4.77. The van der Waals surface area contributed by atoms with E-state index in [-0.39, 0.29) is 0 Å². The lowest BCUT2D eigenvalue weighted by Gasteiger charge is -2.29. The second kappa shape index (κ2) is 2.38. The molecule has 1 nitrogen and oxygen atoms in total. The van der Waals surface area contributed by atoms with Crippen LogP contribution in [-0.2, 0) is 12.8 Å². The standard InChI is InChI=1S/C11H17N/c1-8-7-12-10-6-11(2,3)5-4-9(8)10/h7,12H,4-6H2,1-3H3. The van der Waals surface area contributed by atoms with E-state index in [9.17, 15) is 0 Å². The maximum atomic E-state index is 3.38. The summed E-state index contributed by atoms with van der Waals surface area (Å²) in [6.45, 7) is 6.91. The number of rotatable bonds is 0. The fraction of sp³-hybridized carbons (Fsp3) is 0.636. The van der Waals surface area contributed by atoms with Crippen LogP contribution >= 0.6 is 0 Å². The molecule has 0 spiro atoms. The summed E-state index contributed by atoms with van der Waals surface area (Å²) in [6, 6.07) is 0. The van der Waals surface area contributed by atoms with Crippen LogP contribution in [0.15, 0.2) is 6.20 Å². The maximum absolute atomic E-state index is 3.38. The molecule has 0 fully saturated rings. The van der Waals surface area contributed by atoms with E-state index in [1.807, 2.05) is 0 Å². The molecular weight excluding hydrogens is 146 g/mol. The summed E-state index contributed by atoms with van der Waals surface area (Å²) in [5.41, 5.74) is 5.00. The van der Waals surface area contributed by atoms with Gasteiger partial charge in [0.15, 0.2) is 0 Å². The number of hydrogen-bond acceptors (Lipinski definition) is 0. The number of H-pyrrole nitrogens is 1. The van der Waals surface area contributed by atoms with Crippen LogP contribution in [0.3, 0.4) is 0 Å². The van der Waals surface area contributed by atoms with Crippen molar-refractivity contribution in [1.82, 2.24) is 4.98 Å². The summed E-state index contributed by atoms with van der Waals surface area (Å²) in [5.74, 6) is 0. The van der Waals surface area contributed by atoms with Gasteiger partial charge in [-0.25, -0.2) is 0 Å². The molecule has 1 N–H and O–H groups in total. The Hall–Kier alpha value is -0.720. The highest BCUT2D eigenvalue weighted by atomic mass is 14.7. The summed E-state index contributed by atoms with van der Waals surface area (Å²) >= 11 is 0. The molecule has 0 saturated carbocycles. The number of fused-ring (bicyclic) bond motifs is 1. The monoisotopic (exact) mass is 163 g/mol. The number of aromatic amines is 1. The zero-order valence-electron chi connectivity index (χ0n) is 8.20. The summed E-state index contributed by atoms with van der Waals surface area (Å²) in [7, 11) is 0. The summed E-state index contributed by atoms with van der Waals surface area (Å²) in [5, 5.41) is 0. The Morgan fingerprint density at radius 1 is 1.42 bits per heavy atom. The molecule has 1 heterocycles. The van der Waals surface area contributed by atoms with Crippen LogP contribution in [0.1, 0.15) is 37.1 Å². The van der Waals surface area contributed by atoms with E-state index in [1.165, 1.54) is 30.5 Å². The molecule has 0 aliphatic heterocycles. The molecule has 0 atom stereocenters. The van der Waals surface area contributed by atoms with Crippen LogP contribution in [0.4, 0.5) is 0 Å². The molecular formula is C11H17N. The number of aromatic nitrogens is 1. The van der Waals surface area contributed by atoms with Crippen molar-refractivity contribution in [2.24, 2.45) is 5.41 Å². The molecule has 2 rings (SSSR count). The van der Waals surface area contributed by atoms with Gasteiger partial charge in [0.05, 0.1) is 0 Å². The Morgan fingerprint density at radius 2 is 2.17 bits per heavy atom. The highest BCUT2D eigenvalue weighted by molar-refractivity contribution is 5.32. The largest absolute Gasteiger partial charge is 0.364 e. The quantitative estimate of drug-likeness (QED) is 0.605. The Bertz CT molecular complexity index is 294. The molecule has 1 aromatic rings. The van der Waals surface area contributed by atoms with Crippen LogP contribution < -0.4 is 0 Å². The van der Waals surface area contributed by atoms with Gasteiger partial charge < -0.3 is 4.98 Å². The molecule has 0 bridgehead atoms. The molecule has 1 aliphatic carbocycles. The van der Waals surface area contributed by atoms with Crippen LogP contribution in [0, 0.1) is 12.3 Å². The van der Waals surface area contributed by atoms with Crippen LogP contribution in [0.2, 0.25) is 0 Å². The lowest BCUT2D eigenvalue weighted by molar-refractivity contribution is 0.312. The third-order valence-corrected chi connectivity index (χ3v) is 3.01. The van der Waals surface area contributed by atoms with Gasteiger partial charge in [0, 0.05) is 11.9 Å². The number of nitrogens with one attached hydrogen (secondary N) is 1. The Balaban J connectivity index is 2.37. The Morgan fingerprint density at radius 3 is 2.92 bits per heavy atom. The molecule has 66 valence electrons. The second-order valence-electron chi connectivity index (χ2n) is 4.77. The molecule has 0 amide bonds. The van der Waals surface area contributed by atoms with E-state index in [2.05, 4.69) is 32.0 Å². The van der Waals surface area contributed by atoms with Crippen molar-refractivity contribution in [3.63, 3.8) is 0 Å². The predicted molar refractivity (Wildman–Crippen MR) is 51.3 cm³/mol. The fourth-order valence-electron chi connectivity index (χ4n) is 2.14. The summed E-state index contributed by atoms with van der Waals surface area (Å²) in [4.78, 5) is 3.38. The predicted octanol–water partition coefficient (Wildman–Crippen LogP) is 2.84. The first-order valence-corrected chi connectivity index (χ1v) is 4.74. The molecule has 1 heteroatoms. The maximum Gasteiger partial charge on any atom is 0.0187 e. The molecule has 12 heavy (non-hydrogen) atoms. The molecule has 1 aliphatic rings. The van der Waals surface area contributed by atoms with E-state index in [0.29, 0.717) is 5.41 Å². The van der Waals surface area contributed by atoms with E-state index in [0.717, 1.165) is 0 Å². The number of aryl methyl sites for hydroxylation is 1. The molecule has 1 aromatic heterocycles. The molecule has 0 unspecified atom stereocenters. The first kappa shape index (κ1) is 7.90. The van der Waals surface area contributed by atoms with Crippen LogP contribution in [0.5, 0.6) is 0 Å². The van der Waals surface area contributed by atoms with Gasteiger partial charge in [-0.15, -0.1) is 0 Å². The average molecular weight is 163 g/mol. The van der Waals surface area contributed by atoms with E-state index in [4.69, 9.17) is 0 Å². The van der Waals surface area contributed by atoms with Crippen LogP contribution in [0.25, 0.3) is 0 Å². The minimum Gasteiger partial charge on any atom is -0.364 e. The van der Waals surface area contributed by atoms with Gasteiger partial charge in [-0.2, -0.15) is 0 Å². The van der Waals surface area contributed by atoms with E-state index >= 15 is 0 Å². The van der Waals surface area contributed by atoms with Gasteiger partial charge >= 0.3 is 0 Å². The molecule has 0 saturated heterocycles. The zero-order valence-corrected chi connectivity index (χ0v) is 8.20. The molecule has 0 radical (unpaired) electrons. The normalized spacial score (nSPS) is 20.6. The molecule has 0 aromatic carbocycles. The first-order valence-electron chi connectivity index (χ1n) is 4.74. The van der Waals surface area contributed by atoms with Gasteiger partial charge in [-0.3, -0.25) is 0 Å². The third-order valence-electron chi connectivity index (χ3n) is 3.01. The van der Waals surface area contributed by atoms with E-state index in [1.54, 1.807) is 5.56 Å². The zero-order chi connectivity index (χ0) is 8.77. The summed E-state index contributed by atoms with van der Waals surface area (Å²) in [6.07, 6.45) is 5.96.